The van der Waals surface area contributed by atoms with Gasteiger partial charge >= 0.3 is 5.97 Å². The summed E-state index contributed by atoms with van der Waals surface area (Å²) in [5.74, 6) is -0.635. The molecule has 1 aromatic heterocycles. The second kappa shape index (κ2) is 6.06. The van der Waals surface area contributed by atoms with Crippen LogP contribution in [0.25, 0.3) is 0 Å². The molecular formula is C15H17N3O2. The van der Waals surface area contributed by atoms with Gasteiger partial charge in [0.2, 0.25) is 0 Å². The fourth-order valence-corrected chi connectivity index (χ4v) is 1.99. The van der Waals surface area contributed by atoms with E-state index in [-0.39, 0.29) is 11.3 Å². The van der Waals surface area contributed by atoms with Crippen LogP contribution in [0.2, 0.25) is 0 Å². The minimum absolute atomic E-state index is 0.0676. The Morgan fingerprint density at radius 2 is 2.20 bits per heavy atom. The number of benzene rings is 1. The van der Waals surface area contributed by atoms with Gasteiger partial charge in [0.1, 0.15) is 5.82 Å². The number of anilines is 2. The highest BCUT2D eigenvalue weighted by Crippen LogP contribution is 2.19. The van der Waals surface area contributed by atoms with Gasteiger partial charge in [0.15, 0.2) is 0 Å². The molecule has 0 unspecified atom stereocenters. The first-order valence-electron chi connectivity index (χ1n) is 6.35. The van der Waals surface area contributed by atoms with Gasteiger partial charge in [-0.15, -0.1) is 0 Å². The third-order valence-corrected chi connectivity index (χ3v) is 3.01. The van der Waals surface area contributed by atoms with E-state index in [2.05, 4.69) is 22.4 Å². The summed E-state index contributed by atoms with van der Waals surface area (Å²) in [5, 5.41) is 12.1. The number of carbonyl (C=O) groups is 1. The molecule has 0 atom stereocenters. The number of carboxylic acids is 1. The van der Waals surface area contributed by atoms with Crippen LogP contribution in [0.4, 0.5) is 11.5 Å². The summed E-state index contributed by atoms with van der Waals surface area (Å²) in [7, 11) is 0. The zero-order chi connectivity index (χ0) is 14.5. The summed E-state index contributed by atoms with van der Waals surface area (Å²) in [6.45, 7) is 2.69. The quantitative estimate of drug-likeness (QED) is 0.776. The molecule has 1 heterocycles. The van der Waals surface area contributed by atoms with E-state index in [1.807, 2.05) is 19.1 Å². The standard InChI is InChI=1S/C15H17N3O2/c1-10-3-2-4-11(9-10)5-7-17-14-13(16)12(15(19)20)6-8-18-14/h2-4,6,8-9H,5,7,16H2,1H3,(H,17,18)(H,19,20). The van der Waals surface area contributed by atoms with Crippen LogP contribution >= 0.6 is 0 Å². The predicted molar refractivity (Wildman–Crippen MR) is 79.0 cm³/mol. The number of hydrogen-bond donors (Lipinski definition) is 3. The summed E-state index contributed by atoms with van der Waals surface area (Å²) in [4.78, 5) is 15.0. The lowest BCUT2D eigenvalue weighted by atomic mass is 10.1. The van der Waals surface area contributed by atoms with Gasteiger partial charge in [-0.3, -0.25) is 0 Å². The highest BCUT2D eigenvalue weighted by atomic mass is 16.4. The largest absolute Gasteiger partial charge is 0.478 e. The van der Waals surface area contributed by atoms with Crippen LogP contribution in [0.3, 0.4) is 0 Å². The highest BCUT2D eigenvalue weighted by molar-refractivity contribution is 5.96. The van der Waals surface area contributed by atoms with E-state index in [1.54, 1.807) is 0 Å². The number of nitrogens with zero attached hydrogens (tertiary/aromatic N) is 1. The number of rotatable bonds is 5. The first-order valence-corrected chi connectivity index (χ1v) is 6.35. The highest BCUT2D eigenvalue weighted by Gasteiger charge is 2.11. The van der Waals surface area contributed by atoms with Crippen molar-refractivity contribution < 1.29 is 9.90 Å². The minimum atomic E-state index is -1.05. The van der Waals surface area contributed by atoms with E-state index in [0.29, 0.717) is 12.4 Å². The number of carboxylic acid groups (broad SMARTS) is 1. The second-order valence-corrected chi connectivity index (χ2v) is 4.59. The van der Waals surface area contributed by atoms with Crippen molar-refractivity contribution in [2.45, 2.75) is 13.3 Å². The van der Waals surface area contributed by atoms with E-state index >= 15 is 0 Å². The van der Waals surface area contributed by atoms with Crippen molar-refractivity contribution in [2.24, 2.45) is 0 Å². The Bertz CT molecular complexity index is 626. The van der Waals surface area contributed by atoms with Crippen molar-refractivity contribution in [1.29, 1.82) is 0 Å². The van der Waals surface area contributed by atoms with Crippen LogP contribution in [0.1, 0.15) is 21.5 Å². The molecule has 0 spiro atoms. The lowest BCUT2D eigenvalue weighted by molar-refractivity contribution is 0.0698. The van der Waals surface area contributed by atoms with Crippen molar-refractivity contribution in [1.82, 2.24) is 4.98 Å². The van der Waals surface area contributed by atoms with Crippen molar-refractivity contribution in [3.8, 4) is 0 Å². The summed E-state index contributed by atoms with van der Waals surface area (Å²) in [6.07, 6.45) is 2.26. The fourth-order valence-electron chi connectivity index (χ4n) is 1.99. The maximum Gasteiger partial charge on any atom is 0.337 e. The number of pyridine rings is 1. The lowest BCUT2D eigenvalue weighted by Crippen LogP contribution is -2.11. The average molecular weight is 271 g/mol. The van der Waals surface area contributed by atoms with E-state index in [9.17, 15) is 4.79 Å². The van der Waals surface area contributed by atoms with Gasteiger partial charge in [-0.25, -0.2) is 9.78 Å². The molecule has 4 N–H and O–H groups in total. The predicted octanol–water partition coefficient (Wildman–Crippen LogP) is 2.33. The zero-order valence-corrected chi connectivity index (χ0v) is 11.3. The number of aromatic nitrogens is 1. The van der Waals surface area contributed by atoms with Crippen LogP contribution < -0.4 is 11.1 Å². The molecule has 0 fully saturated rings. The Balaban J connectivity index is 2.01. The molecule has 5 nitrogen and oxygen atoms in total. The molecule has 0 radical (unpaired) electrons. The monoisotopic (exact) mass is 271 g/mol. The van der Waals surface area contributed by atoms with Crippen LogP contribution in [-0.4, -0.2) is 22.6 Å². The normalized spacial score (nSPS) is 10.2. The molecule has 5 heteroatoms. The number of nitrogen functional groups attached to an aromatic ring is 1. The topological polar surface area (TPSA) is 88.2 Å². The first-order chi connectivity index (χ1) is 9.58. The van der Waals surface area contributed by atoms with Gasteiger partial charge in [-0.05, 0) is 25.0 Å². The molecular weight excluding hydrogens is 254 g/mol. The molecule has 104 valence electrons. The van der Waals surface area contributed by atoms with Gasteiger partial charge in [0.25, 0.3) is 0 Å². The van der Waals surface area contributed by atoms with Gasteiger partial charge in [0, 0.05) is 12.7 Å². The zero-order valence-electron chi connectivity index (χ0n) is 11.3. The van der Waals surface area contributed by atoms with E-state index in [4.69, 9.17) is 10.8 Å². The molecule has 20 heavy (non-hydrogen) atoms. The molecule has 0 saturated carbocycles. The number of nitrogens with one attached hydrogen (secondary N) is 1. The first kappa shape index (κ1) is 13.9. The Hall–Kier alpha value is -2.56. The second-order valence-electron chi connectivity index (χ2n) is 4.59. The number of hydrogen-bond acceptors (Lipinski definition) is 4. The van der Waals surface area contributed by atoms with Gasteiger partial charge in [-0.1, -0.05) is 29.8 Å². The smallest absolute Gasteiger partial charge is 0.337 e. The van der Waals surface area contributed by atoms with Crippen molar-refractivity contribution in [2.75, 3.05) is 17.6 Å². The van der Waals surface area contributed by atoms with Gasteiger partial charge < -0.3 is 16.2 Å². The van der Waals surface area contributed by atoms with E-state index < -0.39 is 5.97 Å². The summed E-state index contributed by atoms with van der Waals surface area (Å²) >= 11 is 0. The molecule has 0 aliphatic heterocycles. The Morgan fingerprint density at radius 3 is 2.90 bits per heavy atom. The number of aromatic carboxylic acids is 1. The van der Waals surface area contributed by atoms with Crippen LogP contribution in [0, 0.1) is 6.92 Å². The van der Waals surface area contributed by atoms with Crippen molar-refractivity contribution >= 4 is 17.5 Å². The summed E-state index contributed by atoms with van der Waals surface area (Å²) in [6, 6.07) is 9.63. The molecule has 2 aromatic rings. The fraction of sp³-hybridized carbons (Fsp3) is 0.200. The van der Waals surface area contributed by atoms with E-state index in [0.717, 1.165) is 6.42 Å². The lowest BCUT2D eigenvalue weighted by Gasteiger charge is -2.10. The molecule has 0 saturated heterocycles. The van der Waals surface area contributed by atoms with Gasteiger partial charge in [0.05, 0.1) is 11.3 Å². The molecule has 1 aromatic carbocycles. The third kappa shape index (κ3) is 3.26. The Labute approximate surface area is 117 Å². The average Bonchev–Trinajstić information content (AvgIpc) is 2.40. The third-order valence-electron chi connectivity index (χ3n) is 3.01. The number of nitrogens with two attached hydrogens (primary N) is 1. The summed E-state index contributed by atoms with van der Waals surface area (Å²) < 4.78 is 0. The minimum Gasteiger partial charge on any atom is -0.478 e. The molecule has 2 rings (SSSR count). The maximum atomic E-state index is 11.0. The maximum absolute atomic E-state index is 11.0. The molecule has 0 aliphatic carbocycles. The SMILES string of the molecule is Cc1cccc(CCNc2nccc(C(=O)O)c2N)c1. The molecule has 0 bridgehead atoms. The Morgan fingerprint density at radius 1 is 1.40 bits per heavy atom. The summed E-state index contributed by atoms with van der Waals surface area (Å²) in [5.41, 5.74) is 8.45. The molecule has 0 amide bonds. The molecule has 0 aliphatic rings. The van der Waals surface area contributed by atoms with Crippen molar-refractivity contribution in [3.05, 3.63) is 53.2 Å². The van der Waals surface area contributed by atoms with Gasteiger partial charge in [-0.2, -0.15) is 0 Å². The van der Waals surface area contributed by atoms with Crippen LogP contribution in [0.15, 0.2) is 36.5 Å². The van der Waals surface area contributed by atoms with Crippen LogP contribution in [0.5, 0.6) is 0 Å². The Kier molecular flexibility index (Phi) is 4.20. The number of aryl methyl sites for hydroxylation is 1. The van der Waals surface area contributed by atoms with Crippen molar-refractivity contribution in [3.63, 3.8) is 0 Å². The van der Waals surface area contributed by atoms with Crippen LogP contribution in [-0.2, 0) is 6.42 Å². The van der Waals surface area contributed by atoms with E-state index in [1.165, 1.54) is 23.4 Å².